The van der Waals surface area contributed by atoms with Crippen LogP contribution in [0.25, 0.3) is 5.57 Å². The van der Waals surface area contributed by atoms with Gasteiger partial charge in [0.05, 0.1) is 18.4 Å². The number of para-hydroxylation sites is 2. The number of carbonyl (C=O) groups excluding carboxylic acids is 2. The predicted molar refractivity (Wildman–Crippen MR) is 92.3 cm³/mol. The molecule has 0 aromatic heterocycles. The lowest BCUT2D eigenvalue weighted by atomic mass is 10.0. The van der Waals surface area contributed by atoms with E-state index < -0.39 is 17.6 Å². The molecule has 0 saturated carbocycles. The summed E-state index contributed by atoms with van der Waals surface area (Å²) in [5.41, 5.74) is 1.42. The second kappa shape index (κ2) is 6.76. The fraction of sp³-hybridized carbons (Fsp3) is 0.158. The van der Waals surface area contributed by atoms with E-state index in [1.54, 1.807) is 31.2 Å². The molecule has 5 nitrogen and oxygen atoms in total. The number of hydrogen-bond acceptors (Lipinski definition) is 4. The second-order valence-corrected chi connectivity index (χ2v) is 5.44. The molecule has 0 spiro atoms. The summed E-state index contributed by atoms with van der Waals surface area (Å²) in [6.07, 6.45) is 0. The van der Waals surface area contributed by atoms with Gasteiger partial charge in [-0.05, 0) is 36.8 Å². The summed E-state index contributed by atoms with van der Waals surface area (Å²) in [7, 11) is 1.52. The molecule has 0 bridgehead atoms. The number of imide groups is 1. The summed E-state index contributed by atoms with van der Waals surface area (Å²) < 4.78 is 18.5. The zero-order chi connectivity index (χ0) is 18.0. The van der Waals surface area contributed by atoms with Crippen molar-refractivity contribution in [3.63, 3.8) is 0 Å². The maximum Gasteiger partial charge on any atom is 0.278 e. The third kappa shape index (κ3) is 2.98. The van der Waals surface area contributed by atoms with Gasteiger partial charge >= 0.3 is 0 Å². The van der Waals surface area contributed by atoms with Crippen LogP contribution in [-0.4, -0.2) is 30.4 Å². The first-order valence-corrected chi connectivity index (χ1v) is 7.83. The maximum absolute atomic E-state index is 13.2. The van der Waals surface area contributed by atoms with Crippen LogP contribution in [0.5, 0.6) is 5.75 Å². The van der Waals surface area contributed by atoms with E-state index in [1.165, 1.54) is 31.4 Å². The summed E-state index contributed by atoms with van der Waals surface area (Å²) in [5, 5.41) is 3.02. The number of nitrogens with zero attached hydrogens (tertiary/aromatic N) is 1. The minimum atomic E-state index is -0.419. The zero-order valence-corrected chi connectivity index (χ0v) is 13.9. The molecular formula is C19H17FN2O3. The highest BCUT2D eigenvalue weighted by atomic mass is 19.1. The van der Waals surface area contributed by atoms with Crippen LogP contribution in [0.1, 0.15) is 12.5 Å². The summed E-state index contributed by atoms with van der Waals surface area (Å²) in [5.74, 6) is -0.689. The average molecular weight is 340 g/mol. The standard InChI is InChI=1S/C19H17FN2O3/c1-3-22-18(23)16(12-8-10-13(20)11-9-12)17(19(22)24)21-14-6-4-5-7-15(14)25-2/h4-11,21H,3H2,1-2H3. The Morgan fingerprint density at radius 2 is 1.72 bits per heavy atom. The molecule has 1 N–H and O–H groups in total. The van der Waals surface area contributed by atoms with Gasteiger partial charge in [0.2, 0.25) is 0 Å². The Bertz CT molecular complexity index is 859. The number of ether oxygens (including phenoxy) is 1. The quantitative estimate of drug-likeness (QED) is 0.850. The van der Waals surface area contributed by atoms with Crippen molar-refractivity contribution in [1.29, 1.82) is 0 Å². The first kappa shape index (κ1) is 16.7. The summed E-state index contributed by atoms with van der Waals surface area (Å²) in [6, 6.07) is 12.6. The number of methoxy groups -OCH3 is 1. The van der Waals surface area contributed by atoms with Crippen LogP contribution >= 0.6 is 0 Å². The second-order valence-electron chi connectivity index (χ2n) is 5.44. The summed E-state index contributed by atoms with van der Waals surface area (Å²) in [4.78, 5) is 26.5. The van der Waals surface area contributed by atoms with Gasteiger partial charge in [0, 0.05) is 6.54 Å². The topological polar surface area (TPSA) is 58.6 Å². The summed E-state index contributed by atoms with van der Waals surface area (Å²) in [6.45, 7) is 1.98. The molecule has 2 aromatic carbocycles. The largest absolute Gasteiger partial charge is 0.495 e. The van der Waals surface area contributed by atoms with Crippen LogP contribution in [0.15, 0.2) is 54.2 Å². The van der Waals surface area contributed by atoms with Crippen LogP contribution in [-0.2, 0) is 9.59 Å². The van der Waals surface area contributed by atoms with Gasteiger partial charge in [-0.2, -0.15) is 0 Å². The fourth-order valence-corrected chi connectivity index (χ4v) is 2.75. The maximum atomic E-state index is 13.2. The number of likely N-dealkylation sites (N-methyl/N-ethyl adjacent to an activating group) is 1. The van der Waals surface area contributed by atoms with Crippen LogP contribution < -0.4 is 10.1 Å². The van der Waals surface area contributed by atoms with Crippen molar-refractivity contribution in [3.05, 3.63) is 65.6 Å². The van der Waals surface area contributed by atoms with Gasteiger partial charge in [-0.3, -0.25) is 14.5 Å². The highest BCUT2D eigenvalue weighted by Crippen LogP contribution is 2.33. The lowest BCUT2D eigenvalue weighted by molar-refractivity contribution is -0.136. The molecular weight excluding hydrogens is 323 g/mol. The van der Waals surface area contributed by atoms with E-state index in [4.69, 9.17) is 4.74 Å². The van der Waals surface area contributed by atoms with Crippen molar-refractivity contribution in [3.8, 4) is 5.75 Å². The molecule has 25 heavy (non-hydrogen) atoms. The monoisotopic (exact) mass is 340 g/mol. The predicted octanol–water partition coefficient (Wildman–Crippen LogP) is 3.05. The Morgan fingerprint density at radius 1 is 1.04 bits per heavy atom. The van der Waals surface area contributed by atoms with Crippen molar-refractivity contribution < 1.29 is 18.7 Å². The van der Waals surface area contributed by atoms with Gasteiger partial charge in [0.1, 0.15) is 17.3 Å². The van der Waals surface area contributed by atoms with Crippen LogP contribution in [0.3, 0.4) is 0 Å². The van der Waals surface area contributed by atoms with E-state index in [1.807, 2.05) is 0 Å². The number of halogens is 1. The van der Waals surface area contributed by atoms with Gasteiger partial charge in [-0.1, -0.05) is 24.3 Å². The minimum Gasteiger partial charge on any atom is -0.495 e. The first-order valence-electron chi connectivity index (χ1n) is 7.83. The molecule has 1 heterocycles. The van der Waals surface area contributed by atoms with Crippen molar-refractivity contribution >= 4 is 23.1 Å². The molecule has 6 heteroatoms. The molecule has 3 rings (SSSR count). The van der Waals surface area contributed by atoms with Gasteiger partial charge in [-0.25, -0.2) is 4.39 Å². The van der Waals surface area contributed by atoms with Gasteiger partial charge in [0.25, 0.3) is 11.8 Å². The van der Waals surface area contributed by atoms with Gasteiger partial charge in [-0.15, -0.1) is 0 Å². The molecule has 0 saturated heterocycles. The lowest BCUT2D eigenvalue weighted by Gasteiger charge is -2.13. The molecule has 128 valence electrons. The highest BCUT2D eigenvalue weighted by molar-refractivity contribution is 6.36. The van der Waals surface area contributed by atoms with E-state index in [9.17, 15) is 14.0 Å². The Morgan fingerprint density at radius 3 is 2.36 bits per heavy atom. The van der Waals surface area contributed by atoms with Gasteiger partial charge in [0.15, 0.2) is 0 Å². The normalized spacial score (nSPS) is 14.3. The van der Waals surface area contributed by atoms with E-state index in [0.29, 0.717) is 17.0 Å². The van der Waals surface area contributed by atoms with Crippen molar-refractivity contribution in [2.75, 3.05) is 19.0 Å². The van der Waals surface area contributed by atoms with E-state index >= 15 is 0 Å². The average Bonchev–Trinajstić information content (AvgIpc) is 2.86. The molecule has 1 aliphatic rings. The van der Waals surface area contributed by atoms with Crippen LogP contribution in [0.2, 0.25) is 0 Å². The number of carbonyl (C=O) groups is 2. The third-order valence-corrected chi connectivity index (χ3v) is 3.98. The molecule has 0 radical (unpaired) electrons. The Labute approximate surface area is 144 Å². The Hall–Kier alpha value is -3.15. The first-order chi connectivity index (χ1) is 12.1. The zero-order valence-electron chi connectivity index (χ0n) is 13.9. The number of nitrogens with one attached hydrogen (secondary N) is 1. The van der Waals surface area contributed by atoms with Crippen molar-refractivity contribution in [2.45, 2.75) is 6.92 Å². The number of hydrogen-bond donors (Lipinski definition) is 1. The van der Waals surface area contributed by atoms with E-state index in [2.05, 4.69) is 5.32 Å². The molecule has 0 unspecified atom stereocenters. The van der Waals surface area contributed by atoms with Crippen LogP contribution in [0, 0.1) is 5.82 Å². The molecule has 2 amide bonds. The number of rotatable bonds is 5. The molecule has 1 aliphatic heterocycles. The Kier molecular flexibility index (Phi) is 4.52. The van der Waals surface area contributed by atoms with E-state index in [0.717, 1.165) is 4.90 Å². The number of amides is 2. The molecule has 0 fully saturated rings. The van der Waals surface area contributed by atoms with Gasteiger partial charge < -0.3 is 10.1 Å². The SMILES string of the molecule is CCN1C(=O)C(Nc2ccccc2OC)=C(c2ccc(F)cc2)C1=O. The number of anilines is 1. The Balaban J connectivity index is 2.11. The molecule has 0 atom stereocenters. The molecule has 2 aromatic rings. The summed E-state index contributed by atoms with van der Waals surface area (Å²) >= 11 is 0. The number of benzene rings is 2. The fourth-order valence-electron chi connectivity index (χ4n) is 2.75. The lowest BCUT2D eigenvalue weighted by Crippen LogP contribution is -2.32. The van der Waals surface area contributed by atoms with Crippen molar-refractivity contribution in [1.82, 2.24) is 4.90 Å². The highest BCUT2D eigenvalue weighted by Gasteiger charge is 2.38. The third-order valence-electron chi connectivity index (χ3n) is 3.98. The smallest absolute Gasteiger partial charge is 0.278 e. The molecule has 0 aliphatic carbocycles. The van der Waals surface area contributed by atoms with Crippen molar-refractivity contribution in [2.24, 2.45) is 0 Å². The van der Waals surface area contributed by atoms with E-state index in [-0.39, 0.29) is 17.8 Å². The van der Waals surface area contributed by atoms with Crippen LogP contribution in [0.4, 0.5) is 10.1 Å². The minimum absolute atomic E-state index is 0.156.